The van der Waals surface area contributed by atoms with E-state index in [2.05, 4.69) is 4.72 Å². The van der Waals surface area contributed by atoms with Crippen LogP contribution in [-0.2, 0) is 21.0 Å². The summed E-state index contributed by atoms with van der Waals surface area (Å²) in [6.45, 7) is 0.640. The molecule has 0 atom stereocenters. The molecule has 0 aromatic heterocycles. The first-order valence-electron chi connectivity index (χ1n) is 6.01. The Morgan fingerprint density at radius 1 is 1.36 bits per heavy atom. The molecule has 1 amide bonds. The van der Waals surface area contributed by atoms with E-state index in [1.165, 1.54) is 6.07 Å². The molecule has 0 heterocycles. The third-order valence-electron chi connectivity index (χ3n) is 2.63. The van der Waals surface area contributed by atoms with Crippen LogP contribution < -0.4 is 9.62 Å². The van der Waals surface area contributed by atoms with Gasteiger partial charge >= 0.3 is 6.18 Å². The van der Waals surface area contributed by atoms with E-state index in [-0.39, 0.29) is 23.8 Å². The molecule has 5 nitrogen and oxygen atoms in total. The molecule has 0 radical (unpaired) electrons. The van der Waals surface area contributed by atoms with E-state index >= 15 is 0 Å². The summed E-state index contributed by atoms with van der Waals surface area (Å²) < 4.78 is 63.2. The molecule has 1 rings (SSSR count). The van der Waals surface area contributed by atoms with E-state index in [4.69, 9.17) is 11.6 Å². The number of anilines is 1. The predicted molar refractivity (Wildman–Crippen MR) is 77.3 cm³/mol. The van der Waals surface area contributed by atoms with Gasteiger partial charge in [-0.1, -0.05) is 11.6 Å². The Kier molecular flexibility index (Phi) is 5.82. The van der Waals surface area contributed by atoms with Gasteiger partial charge in [0.25, 0.3) is 0 Å². The molecule has 0 saturated carbocycles. The molecule has 10 heteroatoms. The van der Waals surface area contributed by atoms with Crippen LogP contribution >= 0.6 is 11.6 Å². The average molecular weight is 359 g/mol. The van der Waals surface area contributed by atoms with Gasteiger partial charge < -0.3 is 4.90 Å². The minimum Gasteiger partial charge on any atom is -0.311 e. The molecule has 124 valence electrons. The van der Waals surface area contributed by atoms with Gasteiger partial charge in [0.2, 0.25) is 15.9 Å². The SMILES string of the molecule is CC(=O)N(CCNS(C)(=O)=O)c1ccc(Cl)cc1C(F)(F)F. The topological polar surface area (TPSA) is 66.5 Å². The second-order valence-corrected chi connectivity index (χ2v) is 6.77. The van der Waals surface area contributed by atoms with Gasteiger partial charge in [-0.05, 0) is 18.2 Å². The molecule has 0 aliphatic heterocycles. The normalized spacial score (nSPS) is 12.3. The fourth-order valence-corrected chi connectivity index (χ4v) is 2.40. The van der Waals surface area contributed by atoms with Crippen LogP contribution in [0.25, 0.3) is 0 Å². The summed E-state index contributed by atoms with van der Waals surface area (Å²) in [5.74, 6) is -0.650. The van der Waals surface area contributed by atoms with Crippen molar-refractivity contribution < 1.29 is 26.4 Å². The van der Waals surface area contributed by atoms with Crippen LogP contribution in [0.3, 0.4) is 0 Å². The monoisotopic (exact) mass is 358 g/mol. The summed E-state index contributed by atoms with van der Waals surface area (Å²) in [6, 6.07) is 3.02. The highest BCUT2D eigenvalue weighted by molar-refractivity contribution is 7.88. The number of hydrogen-bond acceptors (Lipinski definition) is 3. The first-order valence-corrected chi connectivity index (χ1v) is 8.28. The maximum Gasteiger partial charge on any atom is 0.418 e. The molecule has 0 aliphatic carbocycles. The van der Waals surface area contributed by atoms with Crippen LogP contribution in [0, 0.1) is 0 Å². The van der Waals surface area contributed by atoms with Crippen molar-refractivity contribution in [2.75, 3.05) is 24.2 Å². The van der Waals surface area contributed by atoms with Gasteiger partial charge in [0.1, 0.15) is 0 Å². The van der Waals surface area contributed by atoms with Crippen molar-refractivity contribution >= 4 is 33.2 Å². The van der Waals surface area contributed by atoms with E-state index < -0.39 is 27.7 Å². The van der Waals surface area contributed by atoms with E-state index in [1.54, 1.807) is 0 Å². The zero-order valence-corrected chi connectivity index (χ0v) is 13.3. The highest BCUT2D eigenvalue weighted by atomic mass is 35.5. The Morgan fingerprint density at radius 2 is 1.95 bits per heavy atom. The molecule has 1 aromatic carbocycles. The number of halogens is 4. The fraction of sp³-hybridized carbons (Fsp3) is 0.417. The summed E-state index contributed by atoms with van der Waals surface area (Å²) in [5.41, 5.74) is -1.44. The van der Waals surface area contributed by atoms with Crippen LogP contribution in [0.4, 0.5) is 18.9 Å². The van der Waals surface area contributed by atoms with Gasteiger partial charge in [0, 0.05) is 25.0 Å². The van der Waals surface area contributed by atoms with Crippen molar-refractivity contribution in [2.45, 2.75) is 13.1 Å². The van der Waals surface area contributed by atoms with E-state index in [0.717, 1.165) is 30.2 Å². The van der Waals surface area contributed by atoms with Gasteiger partial charge in [-0.3, -0.25) is 4.79 Å². The lowest BCUT2D eigenvalue weighted by Gasteiger charge is -2.25. The number of nitrogens with zero attached hydrogens (tertiary/aromatic N) is 1. The molecule has 1 N–H and O–H groups in total. The van der Waals surface area contributed by atoms with Crippen LogP contribution in [0.2, 0.25) is 5.02 Å². The maximum atomic E-state index is 13.1. The average Bonchev–Trinajstić information content (AvgIpc) is 2.32. The van der Waals surface area contributed by atoms with Crippen LogP contribution in [-0.4, -0.2) is 33.7 Å². The Bertz CT molecular complexity index is 662. The molecule has 0 bridgehead atoms. The van der Waals surface area contributed by atoms with E-state index in [1.807, 2.05) is 0 Å². The Balaban J connectivity index is 3.14. The standard InChI is InChI=1S/C12H14ClF3N2O3S/c1-8(19)18(6-5-17-22(2,20)21)11-4-3-9(13)7-10(11)12(14,15)16/h3-4,7,17H,5-6H2,1-2H3. The predicted octanol–water partition coefficient (Wildman–Crippen LogP) is 2.26. The second kappa shape index (κ2) is 6.84. The molecule has 0 aliphatic rings. The van der Waals surface area contributed by atoms with Gasteiger partial charge in [0.05, 0.1) is 17.5 Å². The van der Waals surface area contributed by atoms with E-state index in [9.17, 15) is 26.4 Å². The van der Waals surface area contributed by atoms with Crippen molar-refractivity contribution in [1.29, 1.82) is 0 Å². The highest BCUT2D eigenvalue weighted by Crippen LogP contribution is 2.38. The maximum absolute atomic E-state index is 13.1. The minimum absolute atomic E-state index is 0.117. The molecule has 1 aromatic rings. The van der Waals surface area contributed by atoms with Gasteiger partial charge in [-0.15, -0.1) is 0 Å². The van der Waals surface area contributed by atoms with Crippen LogP contribution in [0.5, 0.6) is 0 Å². The van der Waals surface area contributed by atoms with Crippen molar-refractivity contribution in [3.63, 3.8) is 0 Å². The number of benzene rings is 1. The molecule has 0 spiro atoms. The zero-order valence-electron chi connectivity index (χ0n) is 11.7. The third-order valence-corrected chi connectivity index (χ3v) is 3.60. The number of amides is 1. The minimum atomic E-state index is -4.70. The molecular weight excluding hydrogens is 345 g/mol. The van der Waals surface area contributed by atoms with Crippen LogP contribution in [0.15, 0.2) is 18.2 Å². The number of nitrogens with one attached hydrogen (secondary N) is 1. The summed E-state index contributed by atoms with van der Waals surface area (Å²) in [6.07, 6.45) is -3.78. The Labute approximate surface area is 131 Å². The lowest BCUT2D eigenvalue weighted by Crippen LogP contribution is -2.38. The molecule has 22 heavy (non-hydrogen) atoms. The van der Waals surface area contributed by atoms with Crippen LogP contribution in [0.1, 0.15) is 12.5 Å². The number of sulfonamides is 1. The number of carbonyl (C=O) groups is 1. The summed E-state index contributed by atoms with van der Waals surface area (Å²) in [5, 5.41) is -0.117. The molecular formula is C12H14ClF3N2O3S. The fourth-order valence-electron chi connectivity index (χ4n) is 1.76. The summed E-state index contributed by atoms with van der Waals surface area (Å²) >= 11 is 5.58. The lowest BCUT2D eigenvalue weighted by atomic mass is 10.1. The van der Waals surface area contributed by atoms with Gasteiger partial charge in [0.15, 0.2) is 0 Å². The second-order valence-electron chi connectivity index (χ2n) is 4.50. The van der Waals surface area contributed by atoms with Crippen molar-refractivity contribution in [1.82, 2.24) is 4.72 Å². The number of carbonyl (C=O) groups excluding carboxylic acids is 1. The number of hydrogen-bond donors (Lipinski definition) is 1. The zero-order chi connectivity index (χ0) is 17.1. The summed E-state index contributed by atoms with van der Waals surface area (Å²) in [7, 11) is -3.50. The molecule has 0 fully saturated rings. The number of rotatable bonds is 5. The Morgan fingerprint density at radius 3 is 2.41 bits per heavy atom. The molecule has 0 unspecified atom stereocenters. The Hall–Kier alpha value is -1.32. The summed E-state index contributed by atoms with van der Waals surface area (Å²) in [4.78, 5) is 12.5. The third kappa shape index (κ3) is 5.47. The van der Waals surface area contributed by atoms with Crippen molar-refractivity contribution in [3.05, 3.63) is 28.8 Å². The first kappa shape index (κ1) is 18.7. The smallest absolute Gasteiger partial charge is 0.311 e. The lowest BCUT2D eigenvalue weighted by molar-refractivity contribution is -0.137. The van der Waals surface area contributed by atoms with E-state index in [0.29, 0.717) is 0 Å². The van der Waals surface area contributed by atoms with Crippen molar-refractivity contribution in [3.8, 4) is 0 Å². The van der Waals surface area contributed by atoms with Gasteiger partial charge in [-0.2, -0.15) is 13.2 Å². The molecule has 0 saturated heterocycles. The number of alkyl halides is 3. The van der Waals surface area contributed by atoms with Gasteiger partial charge in [-0.25, -0.2) is 13.1 Å². The highest BCUT2D eigenvalue weighted by Gasteiger charge is 2.35. The first-order chi connectivity index (χ1) is 9.92. The van der Waals surface area contributed by atoms with Crippen molar-refractivity contribution in [2.24, 2.45) is 0 Å². The largest absolute Gasteiger partial charge is 0.418 e. The quantitative estimate of drug-likeness (QED) is 0.878.